The van der Waals surface area contributed by atoms with Crippen LogP contribution in [0.2, 0.25) is 0 Å². The molecule has 2 amide bonds. The number of amides is 2. The van der Waals surface area contributed by atoms with Gasteiger partial charge in [-0.2, -0.15) is 11.8 Å². The summed E-state index contributed by atoms with van der Waals surface area (Å²) in [6, 6.07) is 5.46. The van der Waals surface area contributed by atoms with Gasteiger partial charge in [0.1, 0.15) is 18.6 Å². The number of carbonyl (C=O) groups excluding carboxylic acids is 2. The first-order valence-corrected chi connectivity index (χ1v) is 11.4. The summed E-state index contributed by atoms with van der Waals surface area (Å²) >= 11 is 1.34. The Kier molecular flexibility index (Phi) is 12.3. The van der Waals surface area contributed by atoms with Crippen molar-refractivity contribution in [1.82, 2.24) is 10.6 Å². The monoisotopic (exact) mass is 484 g/mol. The number of hydrogen-bond acceptors (Lipinski definition) is 8. The zero-order valence-electron chi connectivity index (χ0n) is 18.7. The minimum Gasteiger partial charge on any atom is -0.480 e. The van der Waals surface area contributed by atoms with Crippen LogP contribution in [0.5, 0.6) is 0 Å². The van der Waals surface area contributed by atoms with Crippen LogP contribution in [0.4, 0.5) is 5.69 Å². The molecule has 12 heteroatoms. The SMILES string of the molecule is CN(C)c1ccc(C(CCO)SC[C@H](NC(=O)CC[C@H](N)C(=O)O)C(=O)NCC(=O)O)cc1. The van der Waals surface area contributed by atoms with E-state index in [-0.39, 0.29) is 30.5 Å². The Hall–Kier alpha value is -2.83. The van der Waals surface area contributed by atoms with Crippen molar-refractivity contribution in [2.45, 2.75) is 36.6 Å². The Labute approximate surface area is 196 Å². The molecule has 7 N–H and O–H groups in total. The van der Waals surface area contributed by atoms with Gasteiger partial charge in [0.2, 0.25) is 11.8 Å². The van der Waals surface area contributed by atoms with E-state index in [2.05, 4.69) is 10.6 Å². The highest BCUT2D eigenvalue weighted by molar-refractivity contribution is 7.99. The Morgan fingerprint density at radius 1 is 1.09 bits per heavy atom. The molecule has 184 valence electrons. The van der Waals surface area contributed by atoms with E-state index in [1.807, 2.05) is 43.3 Å². The quantitative estimate of drug-likeness (QED) is 0.195. The molecule has 0 saturated heterocycles. The summed E-state index contributed by atoms with van der Waals surface area (Å²) in [5, 5.41) is 31.7. The summed E-state index contributed by atoms with van der Waals surface area (Å²) < 4.78 is 0. The predicted molar refractivity (Wildman–Crippen MR) is 125 cm³/mol. The average Bonchev–Trinajstić information content (AvgIpc) is 2.77. The fraction of sp³-hybridized carbons (Fsp3) is 0.524. The van der Waals surface area contributed by atoms with E-state index in [4.69, 9.17) is 15.9 Å². The number of thioether (sulfide) groups is 1. The van der Waals surface area contributed by atoms with Gasteiger partial charge in [0.25, 0.3) is 0 Å². The number of aliphatic hydroxyl groups is 1. The Balaban J connectivity index is 2.87. The maximum atomic E-state index is 12.5. The molecule has 1 rings (SSSR count). The van der Waals surface area contributed by atoms with Gasteiger partial charge in [-0.15, -0.1) is 0 Å². The van der Waals surface area contributed by atoms with Crippen LogP contribution < -0.4 is 21.3 Å². The number of hydrogen-bond donors (Lipinski definition) is 6. The molecule has 0 aliphatic carbocycles. The highest BCUT2D eigenvalue weighted by Crippen LogP contribution is 2.33. The third-order valence-electron chi connectivity index (χ3n) is 4.70. The number of carboxylic acids is 2. The zero-order chi connectivity index (χ0) is 25.0. The first-order chi connectivity index (χ1) is 15.5. The molecule has 3 atom stereocenters. The third kappa shape index (κ3) is 10.6. The minimum atomic E-state index is -1.23. The molecule has 0 saturated carbocycles. The molecule has 0 aliphatic rings. The van der Waals surface area contributed by atoms with Crippen LogP contribution >= 0.6 is 11.8 Å². The Morgan fingerprint density at radius 3 is 2.24 bits per heavy atom. The van der Waals surface area contributed by atoms with E-state index in [9.17, 15) is 24.3 Å². The van der Waals surface area contributed by atoms with Crippen LogP contribution in [0.1, 0.15) is 30.1 Å². The van der Waals surface area contributed by atoms with Crippen molar-refractivity contribution in [1.29, 1.82) is 0 Å². The van der Waals surface area contributed by atoms with Crippen LogP contribution in [-0.2, 0) is 19.2 Å². The van der Waals surface area contributed by atoms with E-state index < -0.39 is 42.4 Å². The van der Waals surface area contributed by atoms with E-state index in [0.717, 1.165) is 11.3 Å². The van der Waals surface area contributed by atoms with E-state index >= 15 is 0 Å². The Morgan fingerprint density at radius 2 is 1.73 bits per heavy atom. The van der Waals surface area contributed by atoms with Gasteiger partial charge in [0, 0.05) is 43.8 Å². The number of nitrogens with two attached hydrogens (primary N) is 1. The predicted octanol–water partition coefficient (Wildman–Crippen LogP) is -0.213. The maximum Gasteiger partial charge on any atom is 0.322 e. The van der Waals surface area contributed by atoms with Gasteiger partial charge in [0.15, 0.2) is 0 Å². The number of aliphatic hydroxyl groups excluding tert-OH is 1. The number of anilines is 1. The maximum absolute atomic E-state index is 12.5. The summed E-state index contributed by atoms with van der Waals surface area (Å²) in [6.07, 6.45) is 0.104. The Bertz CT molecular complexity index is 804. The van der Waals surface area contributed by atoms with Gasteiger partial charge in [-0.25, -0.2) is 0 Å². The molecule has 11 nitrogen and oxygen atoms in total. The molecule has 1 aromatic carbocycles. The van der Waals surface area contributed by atoms with E-state index in [1.54, 1.807) is 0 Å². The summed E-state index contributed by atoms with van der Waals surface area (Å²) in [5.41, 5.74) is 7.34. The molecular formula is C21H32N4O7S. The molecule has 1 aromatic rings. The molecule has 0 heterocycles. The lowest BCUT2D eigenvalue weighted by molar-refractivity contribution is -0.139. The smallest absolute Gasteiger partial charge is 0.322 e. The number of carbonyl (C=O) groups is 4. The van der Waals surface area contributed by atoms with E-state index in [1.165, 1.54) is 11.8 Å². The molecule has 0 aliphatic heterocycles. The molecule has 1 unspecified atom stereocenters. The van der Waals surface area contributed by atoms with Gasteiger partial charge in [-0.3, -0.25) is 19.2 Å². The topological polar surface area (TPSA) is 182 Å². The molecule has 0 fully saturated rings. The van der Waals surface area contributed by atoms with Gasteiger partial charge < -0.3 is 36.6 Å². The van der Waals surface area contributed by atoms with Gasteiger partial charge in [0.05, 0.1) is 0 Å². The van der Waals surface area contributed by atoms with Crippen molar-refractivity contribution in [3.05, 3.63) is 29.8 Å². The highest BCUT2D eigenvalue weighted by Gasteiger charge is 2.24. The lowest BCUT2D eigenvalue weighted by Gasteiger charge is -2.22. The third-order valence-corrected chi connectivity index (χ3v) is 6.14. The normalized spacial score (nSPS) is 13.5. The average molecular weight is 485 g/mol. The van der Waals surface area contributed by atoms with Gasteiger partial charge in [-0.05, 0) is 30.5 Å². The lowest BCUT2D eigenvalue weighted by atomic mass is 10.1. The molecule has 0 aromatic heterocycles. The summed E-state index contributed by atoms with van der Waals surface area (Å²) in [6.45, 7) is -0.686. The second kappa shape index (κ2) is 14.3. The molecule has 33 heavy (non-hydrogen) atoms. The van der Waals surface area contributed by atoms with Crippen molar-refractivity contribution in [3.63, 3.8) is 0 Å². The van der Waals surface area contributed by atoms with Crippen LogP contribution in [0.15, 0.2) is 24.3 Å². The van der Waals surface area contributed by atoms with Crippen molar-refractivity contribution in [2.75, 3.05) is 37.9 Å². The van der Waals surface area contributed by atoms with Crippen molar-refractivity contribution in [2.24, 2.45) is 5.73 Å². The number of nitrogens with one attached hydrogen (secondary N) is 2. The number of nitrogens with zero attached hydrogens (tertiary/aromatic N) is 1. The fourth-order valence-electron chi connectivity index (χ4n) is 2.81. The summed E-state index contributed by atoms with van der Waals surface area (Å²) in [4.78, 5) is 48.3. The van der Waals surface area contributed by atoms with Gasteiger partial charge >= 0.3 is 11.9 Å². The highest BCUT2D eigenvalue weighted by atomic mass is 32.2. The minimum absolute atomic E-state index is 0.0809. The number of aliphatic carboxylic acids is 2. The summed E-state index contributed by atoms with van der Waals surface area (Å²) in [5.74, 6) is -3.60. The van der Waals surface area contributed by atoms with Crippen LogP contribution in [-0.4, -0.2) is 84.2 Å². The van der Waals surface area contributed by atoms with Crippen molar-refractivity contribution < 1.29 is 34.5 Å². The molecular weight excluding hydrogens is 452 g/mol. The lowest BCUT2D eigenvalue weighted by Crippen LogP contribution is -2.49. The standard InChI is InChI=1S/C21H32N4O7S/c1-25(2)14-5-3-13(4-6-14)17(9-10-26)33-12-16(20(30)23-11-19(28)29)24-18(27)8-7-15(22)21(31)32/h3-6,15-17,26H,7-12,22H2,1-2H3,(H,23,30)(H,24,27)(H,28,29)(H,31,32)/t15-,16-,17?/m0/s1. The molecule has 0 bridgehead atoms. The second-order valence-electron chi connectivity index (χ2n) is 7.54. The molecule has 0 radical (unpaired) electrons. The second-order valence-corrected chi connectivity index (χ2v) is 8.77. The van der Waals surface area contributed by atoms with Crippen molar-refractivity contribution in [3.8, 4) is 0 Å². The van der Waals surface area contributed by atoms with Crippen LogP contribution in [0, 0.1) is 0 Å². The van der Waals surface area contributed by atoms with E-state index in [0.29, 0.717) is 6.42 Å². The van der Waals surface area contributed by atoms with Crippen molar-refractivity contribution >= 4 is 41.2 Å². The number of carboxylic acid groups (broad SMARTS) is 2. The molecule has 0 spiro atoms. The first-order valence-electron chi connectivity index (χ1n) is 10.3. The first kappa shape index (κ1) is 28.2. The number of rotatable bonds is 15. The van der Waals surface area contributed by atoms with Crippen LogP contribution in [0.3, 0.4) is 0 Å². The van der Waals surface area contributed by atoms with Crippen LogP contribution in [0.25, 0.3) is 0 Å². The van der Waals surface area contributed by atoms with Gasteiger partial charge in [-0.1, -0.05) is 12.1 Å². The fourth-order valence-corrected chi connectivity index (χ4v) is 4.09. The number of benzene rings is 1. The zero-order valence-corrected chi connectivity index (χ0v) is 19.5. The largest absolute Gasteiger partial charge is 0.480 e. The summed E-state index contributed by atoms with van der Waals surface area (Å²) in [7, 11) is 3.84.